The van der Waals surface area contributed by atoms with Crippen LogP contribution in [0.4, 0.5) is 0 Å². The van der Waals surface area contributed by atoms with Crippen LogP contribution in [-0.2, 0) is 11.2 Å². The van der Waals surface area contributed by atoms with Crippen LogP contribution in [0.5, 0.6) is 5.75 Å². The van der Waals surface area contributed by atoms with Gasteiger partial charge in [0.2, 0.25) is 0 Å². The fourth-order valence-corrected chi connectivity index (χ4v) is 2.44. The van der Waals surface area contributed by atoms with Gasteiger partial charge in [-0.05, 0) is 43.9 Å². The van der Waals surface area contributed by atoms with Gasteiger partial charge in [-0.1, -0.05) is 18.2 Å². The van der Waals surface area contributed by atoms with Gasteiger partial charge in [-0.25, -0.2) is 0 Å². The van der Waals surface area contributed by atoms with Crippen molar-refractivity contribution in [3.05, 3.63) is 29.3 Å². The Morgan fingerprint density at radius 1 is 1.44 bits per heavy atom. The van der Waals surface area contributed by atoms with E-state index in [1.165, 1.54) is 24.0 Å². The van der Waals surface area contributed by atoms with Crippen molar-refractivity contribution in [2.24, 2.45) is 5.73 Å². The first-order chi connectivity index (χ1) is 8.81. The van der Waals surface area contributed by atoms with Gasteiger partial charge in [0.1, 0.15) is 5.75 Å². The number of ether oxygens (including phenoxy) is 2. The second-order valence-corrected chi connectivity index (χ2v) is 4.87. The van der Waals surface area contributed by atoms with Crippen molar-refractivity contribution >= 4 is 0 Å². The molecule has 1 aromatic rings. The summed E-state index contributed by atoms with van der Waals surface area (Å²) < 4.78 is 11.5. The van der Waals surface area contributed by atoms with Crippen molar-refractivity contribution < 1.29 is 9.47 Å². The molecule has 0 amide bonds. The molecular formula is C15H23NO2. The van der Waals surface area contributed by atoms with E-state index >= 15 is 0 Å². The van der Waals surface area contributed by atoms with E-state index in [0.29, 0.717) is 12.6 Å². The lowest BCUT2D eigenvalue weighted by Crippen LogP contribution is -2.12. The molecule has 1 aliphatic heterocycles. The quantitative estimate of drug-likeness (QED) is 0.842. The second-order valence-electron chi connectivity index (χ2n) is 4.87. The summed E-state index contributed by atoms with van der Waals surface area (Å²) in [7, 11) is 0. The first-order valence-electron chi connectivity index (χ1n) is 6.84. The molecule has 1 saturated heterocycles. The predicted molar refractivity (Wildman–Crippen MR) is 73.0 cm³/mol. The third kappa shape index (κ3) is 3.47. The minimum absolute atomic E-state index is 0.395. The Hall–Kier alpha value is -1.06. The topological polar surface area (TPSA) is 44.5 Å². The maximum Gasteiger partial charge on any atom is 0.125 e. The summed E-state index contributed by atoms with van der Waals surface area (Å²) in [6.07, 6.45) is 4.61. The number of para-hydroxylation sites is 1. The largest absolute Gasteiger partial charge is 0.493 e. The van der Waals surface area contributed by atoms with Crippen LogP contribution >= 0.6 is 0 Å². The van der Waals surface area contributed by atoms with Crippen molar-refractivity contribution in [1.82, 2.24) is 0 Å². The van der Waals surface area contributed by atoms with Gasteiger partial charge in [0, 0.05) is 13.0 Å². The molecule has 0 aromatic heterocycles. The zero-order valence-corrected chi connectivity index (χ0v) is 11.2. The number of hydrogen-bond acceptors (Lipinski definition) is 3. The molecule has 3 nitrogen and oxygen atoms in total. The molecule has 1 unspecified atom stereocenters. The van der Waals surface area contributed by atoms with E-state index in [1.54, 1.807) is 0 Å². The standard InChI is InChI=1S/C15H23NO2/c1-12-4-2-5-13(7-9-16)15(12)18-11-8-14-6-3-10-17-14/h2,4-5,14H,3,6-11,16H2,1H3. The molecule has 0 spiro atoms. The van der Waals surface area contributed by atoms with E-state index in [0.717, 1.165) is 31.8 Å². The zero-order chi connectivity index (χ0) is 12.8. The van der Waals surface area contributed by atoms with Crippen molar-refractivity contribution in [2.45, 2.75) is 38.7 Å². The monoisotopic (exact) mass is 249 g/mol. The number of rotatable bonds is 6. The van der Waals surface area contributed by atoms with E-state index in [9.17, 15) is 0 Å². The van der Waals surface area contributed by atoms with E-state index in [4.69, 9.17) is 15.2 Å². The van der Waals surface area contributed by atoms with Gasteiger partial charge in [0.05, 0.1) is 12.7 Å². The van der Waals surface area contributed by atoms with Crippen molar-refractivity contribution in [3.63, 3.8) is 0 Å². The fraction of sp³-hybridized carbons (Fsp3) is 0.600. The van der Waals surface area contributed by atoms with Gasteiger partial charge in [-0.2, -0.15) is 0 Å². The molecule has 0 aliphatic carbocycles. The van der Waals surface area contributed by atoms with Crippen LogP contribution in [-0.4, -0.2) is 25.9 Å². The van der Waals surface area contributed by atoms with Gasteiger partial charge >= 0.3 is 0 Å². The summed E-state index contributed by atoms with van der Waals surface area (Å²) in [4.78, 5) is 0. The second kappa shape index (κ2) is 6.76. The maximum absolute atomic E-state index is 5.95. The number of aryl methyl sites for hydroxylation is 1. The summed E-state index contributed by atoms with van der Waals surface area (Å²) in [5, 5.41) is 0. The van der Waals surface area contributed by atoms with Gasteiger partial charge in [-0.15, -0.1) is 0 Å². The molecule has 2 N–H and O–H groups in total. The number of hydrogen-bond donors (Lipinski definition) is 1. The molecule has 3 heteroatoms. The lowest BCUT2D eigenvalue weighted by Gasteiger charge is -2.15. The Bertz CT molecular complexity index is 373. The average molecular weight is 249 g/mol. The van der Waals surface area contributed by atoms with Crippen LogP contribution in [0, 0.1) is 6.92 Å². The van der Waals surface area contributed by atoms with Gasteiger partial charge < -0.3 is 15.2 Å². The number of nitrogens with two attached hydrogens (primary N) is 1. The first kappa shape index (κ1) is 13.4. The molecule has 1 heterocycles. The molecule has 0 radical (unpaired) electrons. The predicted octanol–water partition coefficient (Wildman–Crippen LogP) is 2.44. The van der Waals surface area contributed by atoms with E-state index in [-0.39, 0.29) is 0 Å². The highest BCUT2D eigenvalue weighted by atomic mass is 16.5. The lowest BCUT2D eigenvalue weighted by molar-refractivity contribution is 0.0901. The van der Waals surface area contributed by atoms with E-state index in [1.807, 2.05) is 0 Å². The summed E-state index contributed by atoms with van der Waals surface area (Å²) in [6, 6.07) is 6.25. The molecule has 1 fully saturated rings. The SMILES string of the molecule is Cc1cccc(CCN)c1OCCC1CCCO1. The third-order valence-electron chi connectivity index (χ3n) is 3.42. The van der Waals surface area contributed by atoms with Crippen molar-refractivity contribution in [3.8, 4) is 5.75 Å². The van der Waals surface area contributed by atoms with Crippen LogP contribution in [0.3, 0.4) is 0 Å². The van der Waals surface area contributed by atoms with Crippen molar-refractivity contribution in [2.75, 3.05) is 19.8 Å². The molecule has 100 valence electrons. The summed E-state index contributed by atoms with van der Waals surface area (Å²) in [6.45, 7) is 4.38. The minimum Gasteiger partial charge on any atom is -0.493 e. The molecular weight excluding hydrogens is 226 g/mol. The molecule has 1 aliphatic rings. The van der Waals surface area contributed by atoms with Crippen LogP contribution in [0.25, 0.3) is 0 Å². The summed E-state index contributed by atoms with van der Waals surface area (Å²) in [5.74, 6) is 1.01. The third-order valence-corrected chi connectivity index (χ3v) is 3.42. The average Bonchev–Trinajstić information content (AvgIpc) is 2.86. The van der Waals surface area contributed by atoms with Crippen LogP contribution in [0.1, 0.15) is 30.4 Å². The normalized spacial score (nSPS) is 19.1. The Labute approximate surface area is 109 Å². The lowest BCUT2D eigenvalue weighted by atomic mass is 10.1. The summed E-state index contributed by atoms with van der Waals surface area (Å²) in [5.41, 5.74) is 8.03. The highest BCUT2D eigenvalue weighted by molar-refractivity contribution is 5.40. The maximum atomic E-state index is 5.95. The molecule has 1 atom stereocenters. The van der Waals surface area contributed by atoms with Gasteiger partial charge in [0.15, 0.2) is 0 Å². The van der Waals surface area contributed by atoms with Crippen LogP contribution < -0.4 is 10.5 Å². The Balaban J connectivity index is 1.90. The Kier molecular flexibility index (Phi) is 5.02. The van der Waals surface area contributed by atoms with Gasteiger partial charge in [0.25, 0.3) is 0 Å². The minimum atomic E-state index is 0.395. The van der Waals surface area contributed by atoms with Crippen LogP contribution in [0.2, 0.25) is 0 Å². The summed E-state index contributed by atoms with van der Waals surface area (Å²) >= 11 is 0. The van der Waals surface area contributed by atoms with Crippen molar-refractivity contribution in [1.29, 1.82) is 0 Å². The molecule has 0 saturated carbocycles. The molecule has 2 rings (SSSR count). The zero-order valence-electron chi connectivity index (χ0n) is 11.2. The first-order valence-corrected chi connectivity index (χ1v) is 6.84. The molecule has 0 bridgehead atoms. The fourth-order valence-electron chi connectivity index (χ4n) is 2.44. The van der Waals surface area contributed by atoms with E-state index in [2.05, 4.69) is 25.1 Å². The highest BCUT2D eigenvalue weighted by Crippen LogP contribution is 2.24. The Morgan fingerprint density at radius 3 is 3.06 bits per heavy atom. The molecule has 1 aromatic carbocycles. The Morgan fingerprint density at radius 2 is 2.33 bits per heavy atom. The van der Waals surface area contributed by atoms with Crippen LogP contribution in [0.15, 0.2) is 18.2 Å². The molecule has 18 heavy (non-hydrogen) atoms. The smallest absolute Gasteiger partial charge is 0.125 e. The van der Waals surface area contributed by atoms with E-state index < -0.39 is 0 Å². The highest BCUT2D eigenvalue weighted by Gasteiger charge is 2.15. The van der Waals surface area contributed by atoms with Gasteiger partial charge in [-0.3, -0.25) is 0 Å². The number of benzene rings is 1.